The zero-order valence-electron chi connectivity index (χ0n) is 10.8. The zero-order chi connectivity index (χ0) is 12.6. The van der Waals surface area contributed by atoms with Crippen molar-refractivity contribution in [3.63, 3.8) is 0 Å². The number of thioether (sulfide) groups is 1. The fourth-order valence-corrected chi connectivity index (χ4v) is 5.68. The van der Waals surface area contributed by atoms with Gasteiger partial charge in [-0.05, 0) is 0 Å². The minimum atomic E-state index is -0.884. The van der Waals surface area contributed by atoms with E-state index >= 15 is 0 Å². The maximum atomic E-state index is 3.82. The first-order chi connectivity index (χ1) is 7.40. The summed E-state index contributed by atoms with van der Waals surface area (Å²) in [6.07, 6.45) is 6.11. The molecule has 0 atom stereocenters. The van der Waals surface area contributed by atoms with E-state index in [1.807, 2.05) is 23.9 Å². The summed E-state index contributed by atoms with van der Waals surface area (Å²) in [5.41, 5.74) is 0. The summed E-state index contributed by atoms with van der Waals surface area (Å²) in [5.74, 6) is 1.84. The molecule has 0 fully saturated rings. The van der Waals surface area contributed by atoms with E-state index in [-0.39, 0.29) is 0 Å². The van der Waals surface area contributed by atoms with Crippen LogP contribution in [0.15, 0.2) is 25.3 Å². The van der Waals surface area contributed by atoms with Crippen LogP contribution < -0.4 is 0 Å². The summed E-state index contributed by atoms with van der Waals surface area (Å²) in [6.45, 7) is 14.9. The molecular formula is C13H24SSeSi. The van der Waals surface area contributed by atoms with Crippen molar-refractivity contribution in [3.05, 3.63) is 25.3 Å². The molecule has 0 spiro atoms. The Bertz CT molecular complexity index is 233. The van der Waals surface area contributed by atoms with E-state index in [4.69, 9.17) is 0 Å². The standard InChI is InChI=1S/C13H24SSeSi/c1-6-8-12(9-7-2)13(15)14-10-11-16(3,4)5/h6-7,12H,1-2,8-11H2,3-5H3. The molecule has 92 valence electrons. The first kappa shape index (κ1) is 16.4. The molecule has 3 heteroatoms. The average molecular weight is 319 g/mol. The predicted octanol–water partition coefficient (Wildman–Crippen LogP) is 4.12. The molecule has 0 N–H and O–H groups in total. The van der Waals surface area contributed by atoms with Gasteiger partial charge in [0, 0.05) is 0 Å². The summed E-state index contributed by atoms with van der Waals surface area (Å²) in [5, 5.41) is 0. The second-order valence-electron chi connectivity index (χ2n) is 5.22. The van der Waals surface area contributed by atoms with Crippen LogP contribution >= 0.6 is 11.8 Å². The van der Waals surface area contributed by atoms with Gasteiger partial charge in [-0.1, -0.05) is 0 Å². The zero-order valence-corrected chi connectivity index (χ0v) is 14.3. The van der Waals surface area contributed by atoms with Crippen LogP contribution in [-0.4, -0.2) is 33.2 Å². The molecule has 0 aromatic carbocycles. The average Bonchev–Trinajstić information content (AvgIpc) is 2.15. The second kappa shape index (κ2) is 8.52. The van der Waals surface area contributed by atoms with Crippen molar-refractivity contribution in [1.29, 1.82) is 0 Å². The summed E-state index contributed by atoms with van der Waals surface area (Å²) >= 11 is 5.22. The Kier molecular flexibility index (Phi) is 8.75. The van der Waals surface area contributed by atoms with Gasteiger partial charge in [-0.2, -0.15) is 0 Å². The topological polar surface area (TPSA) is 0 Å². The monoisotopic (exact) mass is 320 g/mol. The van der Waals surface area contributed by atoms with Gasteiger partial charge in [-0.3, -0.25) is 0 Å². The molecule has 0 nitrogen and oxygen atoms in total. The van der Waals surface area contributed by atoms with E-state index in [1.54, 1.807) is 0 Å². The van der Waals surface area contributed by atoms with Crippen LogP contribution in [0.1, 0.15) is 12.8 Å². The quantitative estimate of drug-likeness (QED) is 0.455. The van der Waals surface area contributed by atoms with Gasteiger partial charge in [0.25, 0.3) is 0 Å². The van der Waals surface area contributed by atoms with Crippen LogP contribution in [0.4, 0.5) is 0 Å². The Morgan fingerprint density at radius 3 is 2.12 bits per heavy atom. The van der Waals surface area contributed by atoms with Crippen LogP contribution in [0, 0.1) is 5.92 Å². The number of hydrogen-bond donors (Lipinski definition) is 0. The van der Waals surface area contributed by atoms with Crippen LogP contribution in [0.25, 0.3) is 0 Å². The third kappa shape index (κ3) is 8.57. The van der Waals surface area contributed by atoms with Crippen molar-refractivity contribution in [3.8, 4) is 0 Å². The summed E-state index contributed by atoms with van der Waals surface area (Å²) in [6, 6.07) is 1.39. The molecule has 0 aliphatic rings. The third-order valence-electron chi connectivity index (χ3n) is 2.33. The molecule has 0 unspecified atom stereocenters. The number of hydrogen-bond acceptors (Lipinski definition) is 1. The van der Waals surface area contributed by atoms with Crippen LogP contribution in [0.2, 0.25) is 25.7 Å². The predicted molar refractivity (Wildman–Crippen MR) is 84.5 cm³/mol. The third-order valence-corrected chi connectivity index (χ3v) is 6.91. The Balaban J connectivity index is 4.00. The van der Waals surface area contributed by atoms with E-state index in [2.05, 4.69) is 48.4 Å². The van der Waals surface area contributed by atoms with Crippen LogP contribution in [-0.2, 0) is 0 Å². The van der Waals surface area contributed by atoms with E-state index in [0.29, 0.717) is 5.92 Å². The van der Waals surface area contributed by atoms with Crippen molar-refractivity contribution in [1.82, 2.24) is 0 Å². The van der Waals surface area contributed by atoms with Gasteiger partial charge in [0.2, 0.25) is 0 Å². The molecule has 0 aliphatic carbocycles. The normalized spacial score (nSPS) is 11.5. The van der Waals surface area contributed by atoms with E-state index in [0.717, 1.165) is 12.8 Å². The Morgan fingerprint density at radius 2 is 1.75 bits per heavy atom. The van der Waals surface area contributed by atoms with Gasteiger partial charge in [0.05, 0.1) is 0 Å². The Labute approximate surface area is 114 Å². The number of allylic oxidation sites excluding steroid dienone is 2. The fourth-order valence-electron chi connectivity index (χ4n) is 1.27. The molecule has 0 saturated heterocycles. The molecule has 0 radical (unpaired) electrons. The summed E-state index contributed by atoms with van der Waals surface area (Å²) < 4.78 is 1.43. The molecule has 0 aromatic rings. The van der Waals surface area contributed by atoms with Crippen molar-refractivity contribution in [2.75, 3.05) is 5.75 Å². The van der Waals surface area contributed by atoms with Gasteiger partial charge in [0.15, 0.2) is 0 Å². The number of rotatable bonds is 9. The molecule has 0 aliphatic heterocycles. The molecule has 0 heterocycles. The first-order valence-corrected chi connectivity index (χ1v) is 11.3. The Hall–Kier alpha value is 0.436. The Morgan fingerprint density at radius 1 is 1.25 bits per heavy atom. The maximum absolute atomic E-state index is 3.82. The van der Waals surface area contributed by atoms with Crippen molar-refractivity contribution >= 4 is 39.2 Å². The second-order valence-corrected chi connectivity index (χ2v) is 13.5. The van der Waals surface area contributed by atoms with E-state index < -0.39 is 8.07 Å². The summed E-state index contributed by atoms with van der Waals surface area (Å²) in [4.78, 5) is 0. The molecule has 16 heavy (non-hydrogen) atoms. The van der Waals surface area contributed by atoms with Crippen molar-refractivity contribution in [2.45, 2.75) is 38.5 Å². The van der Waals surface area contributed by atoms with Gasteiger partial charge >= 0.3 is 115 Å². The van der Waals surface area contributed by atoms with Crippen molar-refractivity contribution in [2.24, 2.45) is 5.92 Å². The first-order valence-electron chi connectivity index (χ1n) is 5.79. The van der Waals surface area contributed by atoms with Crippen LogP contribution in [0.3, 0.4) is 0 Å². The van der Waals surface area contributed by atoms with Gasteiger partial charge in [0.1, 0.15) is 0 Å². The van der Waals surface area contributed by atoms with Gasteiger partial charge < -0.3 is 0 Å². The van der Waals surface area contributed by atoms with E-state index in [1.165, 1.54) is 15.5 Å². The molecular weight excluding hydrogens is 295 g/mol. The summed E-state index contributed by atoms with van der Waals surface area (Å²) in [7, 11) is -0.884. The van der Waals surface area contributed by atoms with Gasteiger partial charge in [-0.15, -0.1) is 0 Å². The molecule has 0 rings (SSSR count). The molecule has 0 aromatic heterocycles. The fraction of sp³-hybridized carbons (Fsp3) is 0.615. The molecule has 0 amide bonds. The van der Waals surface area contributed by atoms with Crippen LogP contribution in [0.5, 0.6) is 0 Å². The molecule has 0 bridgehead atoms. The van der Waals surface area contributed by atoms with Gasteiger partial charge in [-0.25, -0.2) is 0 Å². The van der Waals surface area contributed by atoms with E-state index in [9.17, 15) is 0 Å². The molecule has 0 saturated carbocycles. The SMILES string of the molecule is C=CCC(CC=C)C(=[Se])SCC[Si](C)(C)C. The van der Waals surface area contributed by atoms with Crippen molar-refractivity contribution < 1.29 is 0 Å². The minimum absolute atomic E-state index is 0.585.